The summed E-state index contributed by atoms with van der Waals surface area (Å²) < 4.78 is 4.89. The number of carbonyl (C=O) groups excluding carboxylic acids is 2. The first kappa shape index (κ1) is 21.7. The van der Waals surface area contributed by atoms with Crippen LogP contribution < -0.4 is 10.6 Å². The van der Waals surface area contributed by atoms with E-state index in [1.54, 1.807) is 49.7 Å². The van der Waals surface area contributed by atoms with Crippen molar-refractivity contribution in [1.29, 1.82) is 0 Å². The van der Waals surface area contributed by atoms with Crippen molar-refractivity contribution >= 4 is 29.6 Å². The maximum Gasteiger partial charge on any atom is 0.330 e. The highest BCUT2D eigenvalue weighted by atomic mass is 16.5. The van der Waals surface area contributed by atoms with Gasteiger partial charge in [0.1, 0.15) is 0 Å². The van der Waals surface area contributed by atoms with E-state index in [9.17, 15) is 9.59 Å². The van der Waals surface area contributed by atoms with E-state index in [2.05, 4.69) is 20.6 Å². The fourth-order valence-corrected chi connectivity index (χ4v) is 2.88. The van der Waals surface area contributed by atoms with Gasteiger partial charge in [-0.1, -0.05) is 24.3 Å². The molecule has 7 nitrogen and oxygen atoms in total. The Balaban J connectivity index is 1.66. The average Bonchev–Trinajstić information content (AvgIpc) is 2.79. The molecule has 1 amide bonds. The summed E-state index contributed by atoms with van der Waals surface area (Å²) in [5.41, 5.74) is 3.01. The summed E-state index contributed by atoms with van der Waals surface area (Å²) in [6.45, 7) is 4.01. The van der Waals surface area contributed by atoms with E-state index in [1.165, 1.54) is 6.08 Å². The van der Waals surface area contributed by atoms with Crippen molar-refractivity contribution in [3.8, 4) is 0 Å². The molecule has 7 heteroatoms. The number of anilines is 2. The molecule has 2 N–H and O–H groups in total. The van der Waals surface area contributed by atoms with E-state index in [-0.39, 0.29) is 17.9 Å². The van der Waals surface area contributed by atoms with Gasteiger partial charge in [0, 0.05) is 29.7 Å². The molecule has 31 heavy (non-hydrogen) atoms. The Bertz CT molecular complexity index is 1070. The van der Waals surface area contributed by atoms with Crippen LogP contribution in [0.2, 0.25) is 0 Å². The molecule has 3 rings (SSSR count). The fraction of sp³-hybridized carbons (Fsp3) is 0.167. The van der Waals surface area contributed by atoms with Gasteiger partial charge in [-0.15, -0.1) is 0 Å². The highest BCUT2D eigenvalue weighted by Crippen LogP contribution is 2.18. The summed E-state index contributed by atoms with van der Waals surface area (Å²) in [5, 5.41) is 6.08. The number of esters is 1. The van der Waals surface area contributed by atoms with Crippen molar-refractivity contribution in [3.05, 3.63) is 89.8 Å². The van der Waals surface area contributed by atoms with Crippen LogP contribution >= 0.6 is 0 Å². The van der Waals surface area contributed by atoms with Gasteiger partial charge in [-0.2, -0.15) is 0 Å². The molecule has 0 saturated heterocycles. The van der Waals surface area contributed by atoms with Crippen LogP contribution in [0.1, 0.15) is 41.4 Å². The Hall–Kier alpha value is -4.00. The third-order valence-electron chi connectivity index (χ3n) is 4.40. The van der Waals surface area contributed by atoms with E-state index in [0.29, 0.717) is 18.1 Å². The van der Waals surface area contributed by atoms with E-state index in [4.69, 9.17) is 4.74 Å². The monoisotopic (exact) mass is 416 g/mol. The predicted molar refractivity (Wildman–Crippen MR) is 120 cm³/mol. The Kier molecular flexibility index (Phi) is 7.48. The largest absolute Gasteiger partial charge is 0.463 e. The lowest BCUT2D eigenvalue weighted by atomic mass is 10.0. The maximum absolute atomic E-state index is 12.8. The molecular weight excluding hydrogens is 392 g/mol. The number of benzene rings is 2. The number of hydrogen-bond donors (Lipinski definition) is 2. The third kappa shape index (κ3) is 6.50. The molecule has 0 aliphatic rings. The average molecular weight is 416 g/mol. The molecule has 0 saturated carbocycles. The van der Waals surface area contributed by atoms with Crippen LogP contribution in [-0.4, -0.2) is 28.5 Å². The topological polar surface area (TPSA) is 93.2 Å². The van der Waals surface area contributed by atoms with E-state index < -0.39 is 0 Å². The van der Waals surface area contributed by atoms with Crippen LogP contribution in [0.3, 0.4) is 0 Å². The molecule has 0 fully saturated rings. The smallest absolute Gasteiger partial charge is 0.330 e. The summed E-state index contributed by atoms with van der Waals surface area (Å²) in [6, 6.07) is 16.3. The first-order chi connectivity index (χ1) is 15.0. The van der Waals surface area contributed by atoms with Crippen molar-refractivity contribution in [2.75, 3.05) is 11.9 Å². The highest BCUT2D eigenvalue weighted by molar-refractivity contribution is 5.95. The number of amides is 1. The number of aromatic nitrogens is 2. The number of carbonyl (C=O) groups is 2. The SMILES string of the molecule is CCOC(=O)C=Cc1cccc(C(C)NC(=O)c2cccc(Nc3ncccn3)c2)c1. The zero-order valence-corrected chi connectivity index (χ0v) is 17.4. The lowest BCUT2D eigenvalue weighted by Crippen LogP contribution is -2.26. The van der Waals surface area contributed by atoms with Crippen molar-refractivity contribution in [1.82, 2.24) is 15.3 Å². The molecule has 0 aliphatic carbocycles. The molecule has 1 atom stereocenters. The molecule has 3 aromatic rings. The van der Waals surface area contributed by atoms with Gasteiger partial charge in [-0.3, -0.25) is 4.79 Å². The van der Waals surface area contributed by atoms with Crippen LogP contribution in [0.25, 0.3) is 6.08 Å². The first-order valence-electron chi connectivity index (χ1n) is 9.95. The van der Waals surface area contributed by atoms with Crippen molar-refractivity contribution < 1.29 is 14.3 Å². The van der Waals surface area contributed by atoms with Gasteiger partial charge in [-0.05, 0) is 61.4 Å². The summed E-state index contributed by atoms with van der Waals surface area (Å²) in [4.78, 5) is 32.5. The summed E-state index contributed by atoms with van der Waals surface area (Å²) in [6.07, 6.45) is 6.37. The second kappa shape index (κ2) is 10.7. The van der Waals surface area contributed by atoms with Crippen LogP contribution in [0.15, 0.2) is 73.1 Å². The number of ether oxygens (including phenoxy) is 1. The minimum absolute atomic E-state index is 0.197. The van der Waals surface area contributed by atoms with Gasteiger partial charge in [0.2, 0.25) is 5.95 Å². The Morgan fingerprint density at radius 2 is 1.84 bits per heavy atom. The van der Waals surface area contributed by atoms with Gasteiger partial charge in [0.25, 0.3) is 5.91 Å². The lowest BCUT2D eigenvalue weighted by Gasteiger charge is -2.15. The lowest BCUT2D eigenvalue weighted by molar-refractivity contribution is -0.137. The molecule has 1 heterocycles. The summed E-state index contributed by atoms with van der Waals surface area (Å²) in [5.74, 6) is -0.123. The number of nitrogens with zero attached hydrogens (tertiary/aromatic N) is 2. The van der Waals surface area contributed by atoms with Gasteiger partial charge in [0.15, 0.2) is 0 Å². The van der Waals surface area contributed by atoms with E-state index >= 15 is 0 Å². The summed E-state index contributed by atoms with van der Waals surface area (Å²) in [7, 11) is 0. The standard InChI is InChI=1S/C24H24N4O3/c1-3-31-22(29)12-11-18-7-4-8-19(15-18)17(2)27-23(30)20-9-5-10-21(16-20)28-24-25-13-6-14-26-24/h4-17H,3H2,1-2H3,(H,27,30)(H,25,26,28). The highest BCUT2D eigenvalue weighted by Gasteiger charge is 2.12. The second-order valence-electron chi connectivity index (χ2n) is 6.73. The van der Waals surface area contributed by atoms with Crippen molar-refractivity contribution in [2.45, 2.75) is 19.9 Å². The van der Waals surface area contributed by atoms with E-state index in [0.717, 1.165) is 16.8 Å². The molecule has 0 bridgehead atoms. The minimum Gasteiger partial charge on any atom is -0.463 e. The van der Waals surface area contributed by atoms with Gasteiger partial charge >= 0.3 is 5.97 Å². The molecule has 0 radical (unpaired) electrons. The van der Waals surface area contributed by atoms with Crippen molar-refractivity contribution in [3.63, 3.8) is 0 Å². The maximum atomic E-state index is 12.8. The number of nitrogens with one attached hydrogen (secondary N) is 2. The van der Waals surface area contributed by atoms with Gasteiger partial charge < -0.3 is 15.4 Å². The molecule has 1 unspecified atom stereocenters. The van der Waals surface area contributed by atoms with Gasteiger partial charge in [0.05, 0.1) is 12.6 Å². The summed E-state index contributed by atoms with van der Waals surface area (Å²) >= 11 is 0. The first-order valence-corrected chi connectivity index (χ1v) is 9.95. The number of hydrogen-bond acceptors (Lipinski definition) is 6. The molecule has 0 aliphatic heterocycles. The molecule has 0 spiro atoms. The third-order valence-corrected chi connectivity index (χ3v) is 4.40. The van der Waals surface area contributed by atoms with E-state index in [1.807, 2.05) is 37.3 Å². The molecule has 2 aromatic carbocycles. The quantitative estimate of drug-likeness (QED) is 0.420. The Labute approximate surface area is 181 Å². The Morgan fingerprint density at radius 1 is 1.06 bits per heavy atom. The van der Waals surface area contributed by atoms with Crippen LogP contribution in [0, 0.1) is 0 Å². The number of rotatable bonds is 8. The molecule has 158 valence electrons. The van der Waals surface area contributed by atoms with Crippen LogP contribution in [-0.2, 0) is 9.53 Å². The zero-order chi connectivity index (χ0) is 22.1. The minimum atomic E-state index is -0.386. The normalized spacial score (nSPS) is 11.7. The molecule has 1 aromatic heterocycles. The zero-order valence-electron chi connectivity index (χ0n) is 17.4. The van der Waals surface area contributed by atoms with Gasteiger partial charge in [-0.25, -0.2) is 14.8 Å². The predicted octanol–water partition coefficient (Wildman–Crippen LogP) is 4.29. The van der Waals surface area contributed by atoms with Crippen LogP contribution in [0.5, 0.6) is 0 Å². The van der Waals surface area contributed by atoms with Crippen LogP contribution in [0.4, 0.5) is 11.6 Å². The van der Waals surface area contributed by atoms with Crippen molar-refractivity contribution in [2.24, 2.45) is 0 Å². The molecular formula is C24H24N4O3. The second-order valence-corrected chi connectivity index (χ2v) is 6.73. The fourth-order valence-electron chi connectivity index (χ4n) is 2.88. The Morgan fingerprint density at radius 3 is 2.61 bits per heavy atom.